The predicted molar refractivity (Wildman–Crippen MR) is 114 cm³/mol. The van der Waals surface area contributed by atoms with Gasteiger partial charge in [0, 0.05) is 17.8 Å². The molecule has 0 bridgehead atoms. The molecule has 2 aromatic rings. The van der Waals surface area contributed by atoms with Crippen molar-refractivity contribution in [1.82, 2.24) is 5.32 Å². The van der Waals surface area contributed by atoms with Gasteiger partial charge < -0.3 is 10.1 Å². The first kappa shape index (κ1) is 21.5. The van der Waals surface area contributed by atoms with Crippen molar-refractivity contribution < 1.29 is 27.9 Å². The Morgan fingerprint density at radius 1 is 1.12 bits per heavy atom. The van der Waals surface area contributed by atoms with Crippen LogP contribution in [0.1, 0.15) is 31.9 Å². The fourth-order valence-electron chi connectivity index (χ4n) is 3.66. The number of ether oxygens (including phenoxy) is 1. The first-order chi connectivity index (χ1) is 15.0. The van der Waals surface area contributed by atoms with Crippen LogP contribution in [0.2, 0.25) is 0 Å². The van der Waals surface area contributed by atoms with Gasteiger partial charge in [-0.15, -0.1) is 0 Å². The smallest absolute Gasteiger partial charge is 0.414 e. The second-order valence-corrected chi connectivity index (χ2v) is 8.49. The molecule has 0 saturated heterocycles. The highest BCUT2D eigenvalue weighted by atomic mass is 19.2. The van der Waals surface area contributed by atoms with Gasteiger partial charge in [-0.3, -0.25) is 19.8 Å². The van der Waals surface area contributed by atoms with Crippen molar-refractivity contribution in [2.75, 3.05) is 16.8 Å². The molecular weight excluding hydrogens is 420 g/mol. The minimum Gasteiger partial charge on any atom is -0.443 e. The highest BCUT2D eigenvalue weighted by molar-refractivity contribution is 6.36. The summed E-state index contributed by atoms with van der Waals surface area (Å²) in [5, 5.41) is 4.96. The van der Waals surface area contributed by atoms with Gasteiger partial charge in [-0.1, -0.05) is 12.1 Å². The van der Waals surface area contributed by atoms with Crippen LogP contribution in [-0.2, 0) is 20.7 Å². The lowest BCUT2D eigenvalue weighted by molar-refractivity contribution is -0.123. The van der Waals surface area contributed by atoms with Crippen LogP contribution in [0.3, 0.4) is 0 Å². The van der Waals surface area contributed by atoms with E-state index in [2.05, 4.69) is 10.6 Å². The van der Waals surface area contributed by atoms with Crippen LogP contribution in [0, 0.1) is 11.6 Å². The Morgan fingerprint density at radius 2 is 1.88 bits per heavy atom. The van der Waals surface area contributed by atoms with E-state index in [1.807, 2.05) is 0 Å². The maximum Gasteiger partial charge on any atom is 0.414 e. The molecule has 0 aromatic heterocycles. The van der Waals surface area contributed by atoms with Crippen molar-refractivity contribution in [3.8, 4) is 0 Å². The largest absolute Gasteiger partial charge is 0.443 e. The molecule has 0 fully saturated rings. The molecule has 0 unspecified atom stereocenters. The fourth-order valence-corrected chi connectivity index (χ4v) is 3.66. The maximum absolute atomic E-state index is 14.3. The number of carbonyl (C=O) groups is 3. The molecule has 2 N–H and O–H groups in total. The topological polar surface area (TPSA) is 87.7 Å². The molecule has 3 amide bonds. The fraction of sp³-hybridized carbons (Fsp3) is 0.261. The molecule has 2 aliphatic heterocycles. The van der Waals surface area contributed by atoms with E-state index < -0.39 is 35.1 Å². The van der Waals surface area contributed by atoms with Crippen molar-refractivity contribution >= 4 is 34.9 Å². The average Bonchev–Trinajstić information content (AvgIpc) is 3.23. The Morgan fingerprint density at radius 3 is 2.59 bits per heavy atom. The number of imide groups is 1. The quantitative estimate of drug-likeness (QED) is 0.709. The first-order valence-electron chi connectivity index (χ1n) is 10.00. The number of carbonyl (C=O) groups excluding carboxylic acids is 3. The highest BCUT2D eigenvalue weighted by Gasteiger charge is 2.34. The van der Waals surface area contributed by atoms with Crippen molar-refractivity contribution in [2.24, 2.45) is 0 Å². The van der Waals surface area contributed by atoms with E-state index in [1.165, 1.54) is 17.0 Å². The third-order valence-corrected chi connectivity index (χ3v) is 5.01. The molecule has 166 valence electrons. The van der Waals surface area contributed by atoms with Gasteiger partial charge in [0.15, 0.2) is 11.6 Å². The zero-order chi connectivity index (χ0) is 23.2. The van der Waals surface area contributed by atoms with E-state index in [0.717, 1.165) is 11.6 Å². The molecule has 0 saturated carbocycles. The first-order valence-corrected chi connectivity index (χ1v) is 10.00. The van der Waals surface area contributed by atoms with E-state index in [4.69, 9.17) is 4.74 Å². The highest BCUT2D eigenvalue weighted by Crippen LogP contribution is 2.34. The zero-order valence-corrected chi connectivity index (χ0v) is 17.7. The van der Waals surface area contributed by atoms with Crippen LogP contribution in [0.15, 0.2) is 42.1 Å². The maximum atomic E-state index is 14.3. The molecule has 2 heterocycles. The SMILES string of the molecule is CC(C)(C)OC(=O)N1CCc2cc(NC3=C(c4cccc(F)c4F)C(=O)NC3=O)ccc21. The Bertz CT molecular complexity index is 1180. The normalized spacial score (nSPS) is 15.7. The number of nitrogens with zero attached hydrogens (tertiary/aromatic N) is 1. The predicted octanol–water partition coefficient (Wildman–Crippen LogP) is 3.74. The third-order valence-electron chi connectivity index (χ3n) is 5.01. The second-order valence-electron chi connectivity index (χ2n) is 8.49. The van der Waals surface area contributed by atoms with Crippen LogP contribution in [0.25, 0.3) is 5.57 Å². The number of anilines is 2. The lowest BCUT2D eigenvalue weighted by Crippen LogP contribution is -2.35. The molecule has 4 rings (SSSR count). The van der Waals surface area contributed by atoms with Crippen LogP contribution in [0.5, 0.6) is 0 Å². The van der Waals surface area contributed by atoms with Gasteiger partial charge >= 0.3 is 6.09 Å². The van der Waals surface area contributed by atoms with Crippen molar-refractivity contribution in [3.05, 3.63) is 64.9 Å². The Kier molecular flexibility index (Phi) is 5.20. The molecule has 0 atom stereocenters. The number of benzene rings is 2. The van der Waals surface area contributed by atoms with Gasteiger partial charge in [0.1, 0.15) is 11.3 Å². The summed E-state index contributed by atoms with van der Waals surface area (Å²) in [5.74, 6) is -3.90. The Hall–Kier alpha value is -3.75. The van der Waals surface area contributed by atoms with E-state index >= 15 is 0 Å². The summed E-state index contributed by atoms with van der Waals surface area (Å²) in [7, 11) is 0. The number of halogens is 2. The summed E-state index contributed by atoms with van der Waals surface area (Å²) in [6, 6.07) is 8.49. The number of fused-ring (bicyclic) bond motifs is 1. The Balaban J connectivity index is 1.65. The monoisotopic (exact) mass is 441 g/mol. The van der Waals surface area contributed by atoms with Crippen LogP contribution in [-0.4, -0.2) is 30.1 Å². The van der Waals surface area contributed by atoms with Gasteiger partial charge in [0.05, 0.1) is 11.3 Å². The van der Waals surface area contributed by atoms with Crippen LogP contribution < -0.4 is 15.5 Å². The van der Waals surface area contributed by atoms with Gasteiger partial charge in [0.2, 0.25) is 0 Å². The molecular formula is C23H21F2N3O4. The minimum atomic E-state index is -1.21. The van der Waals surface area contributed by atoms with Crippen LogP contribution >= 0.6 is 0 Å². The van der Waals surface area contributed by atoms with E-state index in [-0.39, 0.29) is 16.8 Å². The lowest BCUT2D eigenvalue weighted by Gasteiger charge is -2.24. The summed E-state index contributed by atoms with van der Waals surface area (Å²) >= 11 is 0. The third kappa shape index (κ3) is 3.93. The number of hydrogen-bond acceptors (Lipinski definition) is 5. The molecule has 7 nitrogen and oxygen atoms in total. The van der Waals surface area contributed by atoms with Crippen molar-refractivity contribution in [1.29, 1.82) is 0 Å². The number of amides is 3. The molecule has 0 radical (unpaired) electrons. The van der Waals surface area contributed by atoms with Gasteiger partial charge in [-0.2, -0.15) is 0 Å². The summed E-state index contributed by atoms with van der Waals surface area (Å²) in [6.45, 7) is 5.80. The summed E-state index contributed by atoms with van der Waals surface area (Å²) < 4.78 is 33.4. The number of hydrogen-bond donors (Lipinski definition) is 2. The number of rotatable bonds is 3. The molecule has 0 aliphatic carbocycles. The minimum absolute atomic E-state index is 0.179. The van der Waals surface area contributed by atoms with Crippen LogP contribution in [0.4, 0.5) is 25.0 Å². The summed E-state index contributed by atoms with van der Waals surface area (Å²) in [5.41, 5.74) is 0.590. The van der Waals surface area contributed by atoms with Gasteiger partial charge in [0.25, 0.3) is 11.8 Å². The molecule has 32 heavy (non-hydrogen) atoms. The van der Waals surface area contributed by atoms with E-state index in [9.17, 15) is 23.2 Å². The lowest BCUT2D eigenvalue weighted by atomic mass is 10.0. The standard InChI is InChI=1S/C23H21F2N3O4/c1-23(2,3)32-22(31)28-10-9-12-11-13(7-8-16(12)28)26-19-17(20(29)27-21(19)30)14-5-4-6-15(24)18(14)25/h4-8,11H,9-10H2,1-3H3,(H2,26,27,29,30). The molecule has 0 spiro atoms. The van der Waals surface area contributed by atoms with Crippen molar-refractivity contribution in [3.63, 3.8) is 0 Å². The van der Waals surface area contributed by atoms with Gasteiger partial charge in [-0.05, 0) is 57.0 Å². The summed E-state index contributed by atoms with van der Waals surface area (Å²) in [6.07, 6.45) is 0.115. The molecule has 2 aliphatic rings. The Labute approximate surface area is 183 Å². The second kappa shape index (κ2) is 7.74. The number of nitrogens with one attached hydrogen (secondary N) is 2. The zero-order valence-electron chi connectivity index (χ0n) is 17.7. The van der Waals surface area contributed by atoms with Gasteiger partial charge in [-0.25, -0.2) is 13.6 Å². The average molecular weight is 441 g/mol. The van der Waals surface area contributed by atoms with E-state index in [1.54, 1.807) is 39.0 Å². The van der Waals surface area contributed by atoms with Crippen molar-refractivity contribution in [2.45, 2.75) is 32.8 Å². The molecule has 9 heteroatoms. The summed E-state index contributed by atoms with van der Waals surface area (Å²) in [4.78, 5) is 38.6. The van der Waals surface area contributed by atoms with E-state index in [0.29, 0.717) is 24.3 Å². The molecule has 2 aromatic carbocycles.